The highest BCUT2D eigenvalue weighted by atomic mass is 32.1. The first-order valence-electron chi connectivity index (χ1n) is 7.26. The molecule has 3 nitrogen and oxygen atoms in total. The fourth-order valence-electron chi connectivity index (χ4n) is 2.05. The Morgan fingerprint density at radius 3 is 2.50 bits per heavy atom. The zero-order chi connectivity index (χ0) is 16.1. The highest BCUT2D eigenvalue weighted by molar-refractivity contribution is 7.10. The first-order chi connectivity index (χ1) is 10.5. The Kier molecular flexibility index (Phi) is 5.69. The molecule has 1 amide bonds. The number of nitrogens with one attached hydrogen (secondary N) is 1. The van der Waals surface area contributed by atoms with E-state index in [1.807, 2.05) is 43.3 Å². The molecule has 22 heavy (non-hydrogen) atoms. The van der Waals surface area contributed by atoms with Crippen molar-refractivity contribution in [3.63, 3.8) is 0 Å². The maximum atomic E-state index is 13.1. The lowest BCUT2D eigenvalue weighted by atomic mass is 10.1. The molecule has 0 fully saturated rings. The lowest BCUT2D eigenvalue weighted by Gasteiger charge is -2.23. The number of thiophene rings is 1. The molecule has 0 spiro atoms. The zero-order valence-electron chi connectivity index (χ0n) is 13.0. The Balaban J connectivity index is 2.16. The van der Waals surface area contributed by atoms with Crippen molar-refractivity contribution in [3.05, 3.63) is 58.0 Å². The van der Waals surface area contributed by atoms with E-state index < -0.39 is 0 Å². The summed E-state index contributed by atoms with van der Waals surface area (Å²) in [5, 5.41) is 5.02. The van der Waals surface area contributed by atoms with Crippen molar-refractivity contribution in [2.24, 2.45) is 0 Å². The molecule has 0 saturated carbocycles. The third-order valence-electron chi connectivity index (χ3n) is 3.61. The number of halogens is 1. The SMILES string of the molecule is CC(C)N(C)CC(=O)N[C@H](c1ccc(F)cc1)c1cccs1. The van der Waals surface area contributed by atoms with Crippen molar-refractivity contribution in [3.8, 4) is 0 Å². The van der Waals surface area contributed by atoms with Crippen molar-refractivity contribution in [2.75, 3.05) is 13.6 Å². The van der Waals surface area contributed by atoms with E-state index in [1.54, 1.807) is 23.5 Å². The molecule has 2 rings (SSSR count). The standard InChI is InChI=1S/C17H21FN2OS/c1-12(2)20(3)11-16(21)19-17(15-5-4-10-22-15)13-6-8-14(18)9-7-13/h4-10,12,17H,11H2,1-3H3,(H,19,21)/t17-/m1/s1. The van der Waals surface area contributed by atoms with Gasteiger partial charge in [0.05, 0.1) is 12.6 Å². The summed E-state index contributed by atoms with van der Waals surface area (Å²) < 4.78 is 13.1. The highest BCUT2D eigenvalue weighted by Gasteiger charge is 2.19. The summed E-state index contributed by atoms with van der Waals surface area (Å²) in [7, 11) is 1.92. The van der Waals surface area contributed by atoms with E-state index in [0.717, 1.165) is 10.4 Å². The molecule has 2 aromatic rings. The first-order valence-corrected chi connectivity index (χ1v) is 8.14. The van der Waals surface area contributed by atoms with Crippen LogP contribution in [0.4, 0.5) is 4.39 Å². The monoisotopic (exact) mass is 320 g/mol. The van der Waals surface area contributed by atoms with Crippen LogP contribution in [-0.4, -0.2) is 30.4 Å². The van der Waals surface area contributed by atoms with Crippen molar-refractivity contribution in [2.45, 2.75) is 25.9 Å². The summed E-state index contributed by atoms with van der Waals surface area (Å²) in [6.45, 7) is 4.43. The van der Waals surface area contributed by atoms with Gasteiger partial charge in [0.1, 0.15) is 5.82 Å². The van der Waals surface area contributed by atoms with Gasteiger partial charge in [-0.05, 0) is 50.0 Å². The molecule has 1 atom stereocenters. The molecule has 0 saturated heterocycles. The van der Waals surface area contributed by atoms with Gasteiger partial charge < -0.3 is 5.32 Å². The molecular weight excluding hydrogens is 299 g/mol. The normalized spacial score (nSPS) is 12.6. The van der Waals surface area contributed by atoms with Crippen LogP contribution in [0, 0.1) is 5.82 Å². The summed E-state index contributed by atoms with van der Waals surface area (Å²) in [5.41, 5.74) is 0.879. The fraction of sp³-hybridized carbons (Fsp3) is 0.353. The van der Waals surface area contributed by atoms with Crippen molar-refractivity contribution in [1.82, 2.24) is 10.2 Å². The third-order valence-corrected chi connectivity index (χ3v) is 4.55. The van der Waals surface area contributed by atoms with E-state index in [9.17, 15) is 9.18 Å². The average molecular weight is 320 g/mol. The van der Waals surface area contributed by atoms with E-state index in [-0.39, 0.29) is 17.8 Å². The van der Waals surface area contributed by atoms with Crippen LogP contribution in [0.25, 0.3) is 0 Å². The van der Waals surface area contributed by atoms with Gasteiger partial charge in [0, 0.05) is 10.9 Å². The Morgan fingerprint density at radius 2 is 1.95 bits per heavy atom. The molecule has 1 N–H and O–H groups in total. The van der Waals surface area contributed by atoms with Crippen LogP contribution < -0.4 is 5.32 Å². The summed E-state index contributed by atoms with van der Waals surface area (Å²) in [4.78, 5) is 15.3. The molecule has 1 aromatic heterocycles. The van der Waals surface area contributed by atoms with Gasteiger partial charge >= 0.3 is 0 Å². The van der Waals surface area contributed by atoms with Crippen LogP contribution in [-0.2, 0) is 4.79 Å². The van der Waals surface area contributed by atoms with Crippen molar-refractivity contribution < 1.29 is 9.18 Å². The molecule has 118 valence electrons. The van der Waals surface area contributed by atoms with Crippen LogP contribution >= 0.6 is 11.3 Å². The number of carbonyl (C=O) groups excluding carboxylic acids is 1. The van der Waals surface area contributed by atoms with Crippen LogP contribution in [0.5, 0.6) is 0 Å². The number of hydrogen-bond acceptors (Lipinski definition) is 3. The van der Waals surface area contributed by atoms with E-state index in [4.69, 9.17) is 0 Å². The number of rotatable bonds is 6. The predicted octanol–water partition coefficient (Wildman–Crippen LogP) is 3.43. The quantitative estimate of drug-likeness (QED) is 0.884. The second-order valence-electron chi connectivity index (χ2n) is 5.58. The Bertz CT molecular complexity index is 596. The molecule has 0 unspecified atom stereocenters. The van der Waals surface area contributed by atoms with Gasteiger partial charge in [0.2, 0.25) is 5.91 Å². The van der Waals surface area contributed by atoms with Crippen molar-refractivity contribution >= 4 is 17.2 Å². The molecule has 1 aromatic carbocycles. The molecule has 0 aliphatic heterocycles. The average Bonchev–Trinajstić information content (AvgIpc) is 2.99. The summed E-state index contributed by atoms with van der Waals surface area (Å²) >= 11 is 1.58. The van der Waals surface area contributed by atoms with Gasteiger partial charge in [-0.1, -0.05) is 18.2 Å². The molecular formula is C17H21FN2OS. The minimum absolute atomic E-state index is 0.0427. The lowest BCUT2D eigenvalue weighted by molar-refractivity contribution is -0.122. The molecule has 0 aliphatic carbocycles. The highest BCUT2D eigenvalue weighted by Crippen LogP contribution is 2.26. The van der Waals surface area contributed by atoms with E-state index >= 15 is 0 Å². The number of benzene rings is 1. The molecule has 1 heterocycles. The van der Waals surface area contributed by atoms with Crippen molar-refractivity contribution in [1.29, 1.82) is 0 Å². The van der Waals surface area contributed by atoms with Crippen LogP contribution in [0.2, 0.25) is 0 Å². The van der Waals surface area contributed by atoms with E-state index in [0.29, 0.717) is 12.6 Å². The van der Waals surface area contributed by atoms with Gasteiger partial charge in [-0.15, -0.1) is 11.3 Å². The van der Waals surface area contributed by atoms with Crippen LogP contribution in [0.3, 0.4) is 0 Å². The number of hydrogen-bond donors (Lipinski definition) is 1. The maximum Gasteiger partial charge on any atom is 0.234 e. The molecule has 5 heteroatoms. The largest absolute Gasteiger partial charge is 0.343 e. The predicted molar refractivity (Wildman–Crippen MR) is 88.5 cm³/mol. The van der Waals surface area contributed by atoms with E-state index in [2.05, 4.69) is 5.32 Å². The van der Waals surface area contributed by atoms with Gasteiger partial charge in [0.25, 0.3) is 0 Å². The van der Waals surface area contributed by atoms with Crippen LogP contribution in [0.1, 0.15) is 30.3 Å². The number of nitrogens with zero attached hydrogens (tertiary/aromatic N) is 1. The number of amides is 1. The number of likely N-dealkylation sites (N-methyl/N-ethyl adjacent to an activating group) is 1. The first kappa shape index (κ1) is 16.6. The van der Waals surface area contributed by atoms with Gasteiger partial charge in [-0.25, -0.2) is 4.39 Å². The summed E-state index contributed by atoms with van der Waals surface area (Å²) in [6, 6.07) is 10.3. The topological polar surface area (TPSA) is 32.3 Å². The summed E-state index contributed by atoms with van der Waals surface area (Å²) in [6.07, 6.45) is 0. The lowest BCUT2D eigenvalue weighted by Crippen LogP contribution is -2.40. The molecule has 0 bridgehead atoms. The summed E-state index contributed by atoms with van der Waals surface area (Å²) in [5.74, 6) is -0.321. The molecule has 0 radical (unpaired) electrons. The second kappa shape index (κ2) is 7.51. The smallest absolute Gasteiger partial charge is 0.234 e. The Hall–Kier alpha value is -1.72. The number of carbonyl (C=O) groups is 1. The fourth-order valence-corrected chi connectivity index (χ4v) is 2.85. The minimum atomic E-state index is -0.278. The van der Waals surface area contributed by atoms with Gasteiger partial charge in [-0.3, -0.25) is 9.69 Å². The maximum absolute atomic E-state index is 13.1. The van der Waals surface area contributed by atoms with E-state index in [1.165, 1.54) is 12.1 Å². The Labute approximate surface area is 134 Å². The third kappa shape index (κ3) is 4.39. The van der Waals surface area contributed by atoms with Crippen LogP contribution in [0.15, 0.2) is 41.8 Å². The zero-order valence-corrected chi connectivity index (χ0v) is 13.9. The second-order valence-corrected chi connectivity index (χ2v) is 6.56. The Morgan fingerprint density at radius 1 is 1.27 bits per heavy atom. The minimum Gasteiger partial charge on any atom is -0.343 e. The van der Waals surface area contributed by atoms with Gasteiger partial charge in [-0.2, -0.15) is 0 Å². The molecule has 0 aliphatic rings. The van der Waals surface area contributed by atoms with Gasteiger partial charge in [0.15, 0.2) is 0 Å².